The topological polar surface area (TPSA) is 105 Å². The number of esters is 3. The Hall–Kier alpha value is -1.16. The Labute approximate surface area is 349 Å². The van der Waals surface area contributed by atoms with Crippen molar-refractivity contribution in [3.8, 4) is 0 Å². The summed E-state index contributed by atoms with van der Waals surface area (Å²) in [4.78, 5) is 37.7. The first-order valence-corrected chi connectivity index (χ1v) is 24.2. The summed E-state index contributed by atoms with van der Waals surface area (Å²) in [6.45, 7) is 12.1. The number of nitrogens with two attached hydrogens (primary N) is 1. The highest BCUT2D eigenvalue weighted by molar-refractivity contribution is 14.1. The zero-order valence-corrected chi connectivity index (χ0v) is 37.9. The fourth-order valence-electron chi connectivity index (χ4n) is 11.3. The van der Waals surface area contributed by atoms with Crippen LogP contribution in [0.1, 0.15) is 195 Å². The summed E-state index contributed by atoms with van der Waals surface area (Å²) in [7, 11) is 0. The molecule has 0 amide bonds. The molecule has 3 fully saturated rings. The van der Waals surface area contributed by atoms with Gasteiger partial charge in [-0.2, -0.15) is 0 Å². The van der Waals surface area contributed by atoms with Gasteiger partial charge >= 0.3 is 17.9 Å². The van der Waals surface area contributed by atoms with Crippen molar-refractivity contribution in [2.75, 3.05) is 13.2 Å². The van der Waals surface area contributed by atoms with E-state index in [1.807, 2.05) is 0 Å². The van der Waals surface area contributed by atoms with Crippen LogP contribution in [0.5, 0.6) is 0 Å². The van der Waals surface area contributed by atoms with Crippen molar-refractivity contribution in [2.45, 2.75) is 211 Å². The third-order valence-electron chi connectivity index (χ3n) is 14.6. The highest BCUT2D eigenvalue weighted by atomic mass is 127. The van der Waals surface area contributed by atoms with Crippen LogP contribution in [0.15, 0.2) is 11.6 Å². The van der Waals surface area contributed by atoms with E-state index in [4.69, 9.17) is 19.9 Å². The SMILES string of the molecule is CCCCCCCCCCCCCC(=O)OC(CN)COC(=O)CCC(=O)O[C@H]1CC[C@@]2(C)C(=CC[C@H]3C4CC[C@H]([C@H](I)CCCC(C)C)[C@@]4(C)CC[C@@H]32)C1. The maximum absolute atomic E-state index is 12.9. The minimum absolute atomic E-state index is 0.0149. The highest BCUT2D eigenvalue weighted by Crippen LogP contribution is 2.67. The van der Waals surface area contributed by atoms with E-state index in [0.29, 0.717) is 11.8 Å². The second kappa shape index (κ2) is 23.4. The fourth-order valence-corrected chi connectivity index (χ4v) is 12.9. The van der Waals surface area contributed by atoms with Gasteiger partial charge < -0.3 is 19.9 Å². The predicted molar refractivity (Wildman–Crippen MR) is 232 cm³/mol. The summed E-state index contributed by atoms with van der Waals surface area (Å²) < 4.78 is 17.6. The van der Waals surface area contributed by atoms with Crippen LogP contribution in [-0.4, -0.2) is 47.2 Å². The molecule has 4 rings (SSSR count). The summed E-state index contributed by atoms with van der Waals surface area (Å²) in [5, 5.41) is 0. The van der Waals surface area contributed by atoms with Crippen molar-refractivity contribution in [2.24, 2.45) is 46.2 Å². The van der Waals surface area contributed by atoms with Crippen LogP contribution in [0, 0.1) is 40.4 Å². The van der Waals surface area contributed by atoms with Crippen LogP contribution in [0.2, 0.25) is 0 Å². The van der Waals surface area contributed by atoms with Crippen LogP contribution in [0.25, 0.3) is 0 Å². The Balaban J connectivity index is 1.11. The molecule has 8 heteroatoms. The van der Waals surface area contributed by atoms with Gasteiger partial charge in [0.1, 0.15) is 18.8 Å². The monoisotopic (exact) mass is 882 g/mol. The number of hydrogen-bond acceptors (Lipinski definition) is 7. The van der Waals surface area contributed by atoms with Crippen LogP contribution >= 0.6 is 22.6 Å². The number of carbonyl (C=O) groups excluding carboxylic acids is 3. The number of halogens is 1. The zero-order chi connectivity index (χ0) is 39.8. The molecule has 0 bridgehead atoms. The molecule has 3 saturated carbocycles. The number of carbonyl (C=O) groups is 3. The summed E-state index contributed by atoms with van der Waals surface area (Å²) in [5.74, 6) is 2.83. The summed E-state index contributed by atoms with van der Waals surface area (Å²) in [5.41, 5.74) is 7.98. The molecular weight excluding hydrogens is 801 g/mol. The van der Waals surface area contributed by atoms with E-state index in [2.05, 4.69) is 63.3 Å². The van der Waals surface area contributed by atoms with E-state index in [1.54, 1.807) is 0 Å². The van der Waals surface area contributed by atoms with Gasteiger partial charge in [-0.1, -0.05) is 146 Å². The number of ether oxygens (including phenoxy) is 3. The molecule has 2 N–H and O–H groups in total. The Morgan fingerprint density at radius 2 is 1.47 bits per heavy atom. The maximum atomic E-state index is 12.9. The number of fused-ring (bicyclic) bond motifs is 5. The van der Waals surface area contributed by atoms with Gasteiger partial charge in [-0.3, -0.25) is 14.4 Å². The zero-order valence-electron chi connectivity index (χ0n) is 35.7. The molecule has 2 unspecified atom stereocenters. The predicted octanol–water partition coefficient (Wildman–Crippen LogP) is 12.0. The Bertz CT molecular complexity index is 1220. The lowest BCUT2D eigenvalue weighted by molar-refractivity contribution is -0.160. The first-order valence-electron chi connectivity index (χ1n) is 23.0. The van der Waals surface area contributed by atoms with Gasteiger partial charge in [0.2, 0.25) is 0 Å². The van der Waals surface area contributed by atoms with Gasteiger partial charge in [-0.25, -0.2) is 0 Å². The first kappa shape index (κ1) is 46.5. The number of alkyl halides is 1. The molecule has 0 aromatic rings. The van der Waals surface area contributed by atoms with E-state index in [0.717, 1.165) is 72.0 Å². The average Bonchev–Trinajstić information content (AvgIpc) is 3.52. The van der Waals surface area contributed by atoms with Gasteiger partial charge in [0.15, 0.2) is 0 Å². The summed E-state index contributed by atoms with van der Waals surface area (Å²) in [6, 6.07) is 0. The number of unbranched alkanes of at least 4 members (excludes halogenated alkanes) is 10. The van der Waals surface area contributed by atoms with Crippen molar-refractivity contribution < 1.29 is 28.6 Å². The molecule has 0 aliphatic heterocycles. The normalized spacial score (nSPS) is 29.7. The lowest BCUT2D eigenvalue weighted by Crippen LogP contribution is -2.51. The molecule has 0 spiro atoms. The van der Waals surface area contributed by atoms with E-state index in [1.165, 1.54) is 108 Å². The molecule has 7 nitrogen and oxygen atoms in total. The molecular formula is C47H80INO6. The van der Waals surface area contributed by atoms with Gasteiger partial charge in [-0.05, 0) is 98.2 Å². The number of allylic oxidation sites excluding steroid dienone is 1. The molecule has 316 valence electrons. The number of rotatable bonds is 25. The number of hydrogen-bond donors (Lipinski definition) is 1. The molecule has 55 heavy (non-hydrogen) atoms. The van der Waals surface area contributed by atoms with E-state index < -0.39 is 12.1 Å². The van der Waals surface area contributed by atoms with E-state index >= 15 is 0 Å². The van der Waals surface area contributed by atoms with Crippen LogP contribution in [-0.2, 0) is 28.6 Å². The van der Waals surface area contributed by atoms with Gasteiger partial charge in [0, 0.05) is 23.3 Å². The smallest absolute Gasteiger partial charge is 0.306 e. The fraction of sp³-hybridized carbons (Fsp3) is 0.894. The molecule has 0 radical (unpaired) electrons. The minimum Gasteiger partial charge on any atom is -0.462 e. The quantitative estimate of drug-likeness (QED) is 0.0243. The van der Waals surface area contributed by atoms with Crippen molar-refractivity contribution >= 4 is 40.5 Å². The summed E-state index contributed by atoms with van der Waals surface area (Å²) in [6.07, 6.45) is 28.9. The average molecular weight is 882 g/mol. The van der Waals surface area contributed by atoms with E-state index in [9.17, 15) is 14.4 Å². The first-order chi connectivity index (χ1) is 26.4. The van der Waals surface area contributed by atoms with Crippen molar-refractivity contribution in [3.05, 3.63) is 11.6 Å². The minimum atomic E-state index is -0.674. The van der Waals surface area contributed by atoms with Crippen molar-refractivity contribution in [1.82, 2.24) is 0 Å². The molecule has 0 aromatic heterocycles. The molecule has 4 aliphatic rings. The molecule has 0 heterocycles. The Morgan fingerprint density at radius 3 is 2.15 bits per heavy atom. The molecule has 0 saturated heterocycles. The third kappa shape index (κ3) is 13.7. The highest BCUT2D eigenvalue weighted by Gasteiger charge is 2.59. The molecule has 9 atom stereocenters. The van der Waals surface area contributed by atoms with Crippen molar-refractivity contribution in [3.63, 3.8) is 0 Å². The van der Waals surface area contributed by atoms with Gasteiger partial charge in [0.25, 0.3) is 0 Å². The van der Waals surface area contributed by atoms with Crippen LogP contribution in [0.4, 0.5) is 0 Å². The largest absolute Gasteiger partial charge is 0.462 e. The second-order valence-corrected chi connectivity index (χ2v) is 20.6. The lowest BCUT2D eigenvalue weighted by Gasteiger charge is -2.58. The van der Waals surface area contributed by atoms with E-state index in [-0.39, 0.29) is 49.5 Å². The third-order valence-corrected chi connectivity index (χ3v) is 16.1. The molecule has 4 aliphatic carbocycles. The summed E-state index contributed by atoms with van der Waals surface area (Å²) >= 11 is 2.81. The maximum Gasteiger partial charge on any atom is 0.306 e. The Kier molecular flexibility index (Phi) is 19.8. The van der Waals surface area contributed by atoms with Crippen molar-refractivity contribution in [1.29, 1.82) is 0 Å². The Morgan fingerprint density at radius 1 is 0.800 bits per heavy atom. The standard InChI is InChI=1S/C47H80INO6/c1-6-7-8-9-10-11-12-13-14-15-16-20-44(51)55-37(32-49)33-53-43(50)25-26-45(52)54-36-27-29-46(4)35(31-36)21-22-38-39-23-24-41(42(48)19-17-18-34(2)3)47(39,5)30-28-40(38)46/h21,34,36-42H,6-20,22-33,49H2,1-5H3/t36-,37?,38-,39?,40-,41+,42+,46-,47-/m0/s1. The second-order valence-electron chi connectivity index (χ2n) is 19.0. The van der Waals surface area contributed by atoms with Crippen LogP contribution < -0.4 is 5.73 Å². The van der Waals surface area contributed by atoms with Gasteiger partial charge in [0.05, 0.1) is 12.8 Å². The molecule has 0 aromatic carbocycles. The van der Waals surface area contributed by atoms with Gasteiger partial charge in [-0.15, -0.1) is 0 Å². The van der Waals surface area contributed by atoms with Crippen LogP contribution in [0.3, 0.4) is 0 Å². The lowest BCUT2D eigenvalue weighted by atomic mass is 9.47.